The zero-order valence-electron chi connectivity index (χ0n) is 10.7. The van der Waals surface area contributed by atoms with Gasteiger partial charge in [-0.05, 0) is 18.2 Å². The summed E-state index contributed by atoms with van der Waals surface area (Å²) in [6.07, 6.45) is -0.307. The Balaban J connectivity index is 2.82. The van der Waals surface area contributed by atoms with Crippen LogP contribution in [0.15, 0.2) is 24.3 Å². The van der Waals surface area contributed by atoms with Gasteiger partial charge in [0.15, 0.2) is 0 Å². The lowest BCUT2D eigenvalue weighted by atomic mass is 10.2. The van der Waals surface area contributed by atoms with Crippen LogP contribution in [0, 0.1) is 0 Å². The summed E-state index contributed by atoms with van der Waals surface area (Å²) in [6.45, 7) is -0.166. The highest BCUT2D eigenvalue weighted by molar-refractivity contribution is 7.90. The largest absolute Gasteiger partial charge is 0.481 e. The number of benzene rings is 1. The Kier molecular flexibility index (Phi) is 5.06. The summed E-state index contributed by atoms with van der Waals surface area (Å²) in [4.78, 5) is 21.4. The first-order chi connectivity index (χ1) is 9.22. The maximum Gasteiger partial charge on any atom is 0.304 e. The van der Waals surface area contributed by atoms with E-state index in [1.165, 1.54) is 31.3 Å². The maximum atomic E-state index is 11.9. The van der Waals surface area contributed by atoms with Gasteiger partial charge in [-0.3, -0.25) is 14.3 Å². The van der Waals surface area contributed by atoms with E-state index < -0.39 is 22.1 Å². The van der Waals surface area contributed by atoms with Crippen molar-refractivity contribution in [2.24, 2.45) is 5.73 Å². The van der Waals surface area contributed by atoms with Crippen LogP contribution in [0.1, 0.15) is 16.8 Å². The number of aliphatic carboxylic acids is 1. The quantitative estimate of drug-likeness (QED) is 0.644. The minimum Gasteiger partial charge on any atom is -0.481 e. The Hall–Kier alpha value is -2.13. The first-order valence-corrected chi connectivity index (χ1v) is 7.02. The minimum absolute atomic E-state index is 0.165. The van der Waals surface area contributed by atoms with E-state index >= 15 is 0 Å². The number of carbonyl (C=O) groups excluding carboxylic acids is 1. The van der Waals surface area contributed by atoms with Crippen molar-refractivity contribution in [2.75, 3.05) is 18.3 Å². The standard InChI is InChI=1S/C11H15N3O5S/c1-14(6-5-10(15)16)20(18,19)13-9-4-2-3-8(7-9)11(12)17/h2-4,7,13H,5-6H2,1H3,(H2,12,17)(H,15,16). The molecule has 8 nitrogen and oxygen atoms in total. The second kappa shape index (κ2) is 6.35. The van der Waals surface area contributed by atoms with Crippen molar-refractivity contribution < 1.29 is 23.1 Å². The molecule has 0 fully saturated rings. The summed E-state index contributed by atoms with van der Waals surface area (Å²) in [5, 5.41) is 8.52. The van der Waals surface area contributed by atoms with Crippen LogP contribution < -0.4 is 10.5 Å². The van der Waals surface area contributed by atoms with Gasteiger partial charge in [-0.25, -0.2) is 0 Å². The average molecular weight is 301 g/mol. The summed E-state index contributed by atoms with van der Waals surface area (Å²) in [5.74, 6) is -1.77. The Labute approximate surface area is 116 Å². The molecule has 9 heteroatoms. The van der Waals surface area contributed by atoms with Crippen molar-refractivity contribution in [1.82, 2.24) is 4.31 Å². The number of rotatable bonds is 7. The second-order valence-electron chi connectivity index (χ2n) is 4.02. The monoisotopic (exact) mass is 301 g/mol. The molecule has 0 aliphatic heterocycles. The summed E-state index contributed by atoms with van der Waals surface area (Å²) >= 11 is 0. The van der Waals surface area contributed by atoms with Crippen molar-refractivity contribution in [1.29, 1.82) is 0 Å². The Bertz CT molecular complexity index is 614. The molecule has 4 N–H and O–H groups in total. The highest BCUT2D eigenvalue weighted by Gasteiger charge is 2.18. The fourth-order valence-corrected chi connectivity index (χ4v) is 2.25. The third-order valence-corrected chi connectivity index (χ3v) is 3.94. The highest BCUT2D eigenvalue weighted by Crippen LogP contribution is 2.13. The van der Waals surface area contributed by atoms with Crippen molar-refractivity contribution in [3.8, 4) is 0 Å². The number of anilines is 1. The van der Waals surface area contributed by atoms with Gasteiger partial charge in [0.1, 0.15) is 0 Å². The molecule has 0 atom stereocenters. The van der Waals surface area contributed by atoms with Crippen molar-refractivity contribution in [3.05, 3.63) is 29.8 Å². The van der Waals surface area contributed by atoms with Crippen LogP contribution in [-0.2, 0) is 15.0 Å². The zero-order chi connectivity index (χ0) is 15.3. The van der Waals surface area contributed by atoms with Gasteiger partial charge in [-0.15, -0.1) is 0 Å². The number of amides is 1. The van der Waals surface area contributed by atoms with Crippen LogP contribution in [0.4, 0.5) is 5.69 Å². The SMILES string of the molecule is CN(CCC(=O)O)S(=O)(=O)Nc1cccc(C(N)=O)c1. The normalized spacial score (nSPS) is 11.3. The van der Waals surface area contributed by atoms with E-state index in [-0.39, 0.29) is 24.2 Å². The van der Waals surface area contributed by atoms with Crippen LogP contribution in [0.25, 0.3) is 0 Å². The maximum absolute atomic E-state index is 11.9. The van der Waals surface area contributed by atoms with E-state index in [9.17, 15) is 18.0 Å². The Morgan fingerprint density at radius 2 is 2.05 bits per heavy atom. The molecule has 0 aliphatic rings. The first-order valence-electron chi connectivity index (χ1n) is 5.58. The molecule has 0 saturated heterocycles. The van der Waals surface area contributed by atoms with Crippen LogP contribution in [0.5, 0.6) is 0 Å². The molecule has 0 bridgehead atoms. The molecule has 1 aromatic rings. The van der Waals surface area contributed by atoms with Gasteiger partial charge in [-0.2, -0.15) is 12.7 Å². The van der Waals surface area contributed by atoms with E-state index in [1.54, 1.807) is 0 Å². The number of primary amides is 1. The fourth-order valence-electron chi connectivity index (χ4n) is 1.34. The molecule has 20 heavy (non-hydrogen) atoms. The van der Waals surface area contributed by atoms with Gasteiger partial charge in [0.2, 0.25) is 5.91 Å². The molecule has 0 spiro atoms. The minimum atomic E-state index is -3.88. The molecular formula is C11H15N3O5S. The van der Waals surface area contributed by atoms with E-state index in [0.717, 1.165) is 4.31 Å². The lowest BCUT2D eigenvalue weighted by Gasteiger charge is -2.17. The predicted octanol–water partition coefficient (Wildman–Crippen LogP) is -0.151. The van der Waals surface area contributed by atoms with Crippen LogP contribution >= 0.6 is 0 Å². The van der Waals surface area contributed by atoms with Crippen molar-refractivity contribution in [2.45, 2.75) is 6.42 Å². The van der Waals surface area contributed by atoms with Crippen molar-refractivity contribution in [3.63, 3.8) is 0 Å². The third-order valence-electron chi connectivity index (χ3n) is 2.44. The molecule has 0 aliphatic carbocycles. The molecule has 1 amide bonds. The average Bonchev–Trinajstić information content (AvgIpc) is 2.35. The van der Waals surface area contributed by atoms with Gasteiger partial charge in [0.25, 0.3) is 0 Å². The summed E-state index contributed by atoms with van der Waals surface area (Å²) < 4.78 is 26.9. The number of nitrogens with one attached hydrogen (secondary N) is 1. The van der Waals surface area contributed by atoms with Gasteiger partial charge >= 0.3 is 16.2 Å². The lowest BCUT2D eigenvalue weighted by Crippen LogP contribution is -2.34. The molecule has 0 heterocycles. The third kappa shape index (κ3) is 4.52. The number of carbonyl (C=O) groups is 2. The number of nitrogens with two attached hydrogens (primary N) is 1. The van der Waals surface area contributed by atoms with Gasteiger partial charge in [0, 0.05) is 19.2 Å². The Morgan fingerprint density at radius 3 is 2.60 bits per heavy atom. The topological polar surface area (TPSA) is 130 Å². The fraction of sp³-hybridized carbons (Fsp3) is 0.273. The zero-order valence-corrected chi connectivity index (χ0v) is 11.6. The molecule has 1 rings (SSSR count). The summed E-state index contributed by atoms with van der Waals surface area (Å²) in [5.41, 5.74) is 5.43. The molecule has 0 unspecified atom stereocenters. The van der Waals surface area contributed by atoms with Gasteiger partial charge in [-0.1, -0.05) is 6.07 Å². The smallest absolute Gasteiger partial charge is 0.304 e. The molecular weight excluding hydrogens is 286 g/mol. The Morgan fingerprint density at radius 1 is 1.40 bits per heavy atom. The van der Waals surface area contributed by atoms with Gasteiger partial charge < -0.3 is 10.8 Å². The summed E-state index contributed by atoms with van der Waals surface area (Å²) in [6, 6.07) is 5.68. The molecule has 0 saturated carbocycles. The number of nitrogens with zero attached hydrogens (tertiary/aromatic N) is 1. The summed E-state index contributed by atoms with van der Waals surface area (Å²) in [7, 11) is -2.63. The highest BCUT2D eigenvalue weighted by atomic mass is 32.2. The number of carboxylic acids is 1. The first kappa shape index (κ1) is 15.9. The van der Waals surface area contributed by atoms with Gasteiger partial charge in [0.05, 0.1) is 12.1 Å². The molecule has 110 valence electrons. The number of hydrogen-bond acceptors (Lipinski definition) is 4. The van der Waals surface area contributed by atoms with Crippen LogP contribution in [0.3, 0.4) is 0 Å². The molecule has 0 aromatic heterocycles. The number of carboxylic acid groups (broad SMARTS) is 1. The molecule has 1 aromatic carbocycles. The second-order valence-corrected chi connectivity index (χ2v) is 5.80. The van der Waals surface area contributed by atoms with Crippen LogP contribution in [0.2, 0.25) is 0 Å². The van der Waals surface area contributed by atoms with E-state index in [0.29, 0.717) is 0 Å². The van der Waals surface area contributed by atoms with E-state index in [4.69, 9.17) is 10.8 Å². The van der Waals surface area contributed by atoms with E-state index in [2.05, 4.69) is 4.72 Å². The van der Waals surface area contributed by atoms with E-state index in [1.807, 2.05) is 0 Å². The molecule has 0 radical (unpaired) electrons. The predicted molar refractivity (Wildman–Crippen MR) is 72.4 cm³/mol. The lowest BCUT2D eigenvalue weighted by molar-refractivity contribution is -0.137. The van der Waals surface area contributed by atoms with Crippen molar-refractivity contribution >= 4 is 27.8 Å². The number of hydrogen-bond donors (Lipinski definition) is 3. The van der Waals surface area contributed by atoms with Crippen LogP contribution in [-0.4, -0.2) is 43.3 Å².